The molecule has 0 atom stereocenters. The molecule has 0 saturated heterocycles. The second-order valence-corrected chi connectivity index (χ2v) is 8.30. The maximum Gasteiger partial charge on any atom is 0.260 e. The molecule has 1 aromatic heterocycles. The lowest BCUT2D eigenvalue weighted by molar-refractivity contribution is 0.502. The van der Waals surface area contributed by atoms with Crippen LogP contribution in [0.15, 0.2) is 0 Å². The van der Waals surface area contributed by atoms with Crippen LogP contribution in [-0.2, 0) is 8.25 Å². The number of nitrogens with zero attached hydrogens (tertiary/aromatic N) is 4. The lowest BCUT2D eigenvalue weighted by atomic mass is 10.6. The van der Waals surface area contributed by atoms with Crippen molar-refractivity contribution >= 4 is 92.8 Å². The van der Waals surface area contributed by atoms with Gasteiger partial charge in [-0.25, -0.2) is 0 Å². The first-order valence-corrected chi connectivity index (χ1v) is 6.31. The summed E-state index contributed by atoms with van der Waals surface area (Å²) >= 11 is 45.0. The SMILES string of the molecule is ClC(Cl)(Cl)c1nnnn1C(Cl)(Cl)C(Cl)(Cl)Cl. The van der Waals surface area contributed by atoms with Crippen molar-refractivity contribution in [1.29, 1.82) is 0 Å². The van der Waals surface area contributed by atoms with Crippen LogP contribution in [0.2, 0.25) is 0 Å². The molecule has 4 nitrogen and oxygen atoms in total. The van der Waals surface area contributed by atoms with Crippen LogP contribution in [0.3, 0.4) is 0 Å². The summed E-state index contributed by atoms with van der Waals surface area (Å²) in [5.41, 5.74) is 0. The number of rotatable bonds is 1. The van der Waals surface area contributed by atoms with Crippen molar-refractivity contribution in [2.24, 2.45) is 0 Å². The monoisotopic (exact) mass is 384 g/mol. The van der Waals surface area contributed by atoms with Crippen molar-refractivity contribution in [3.63, 3.8) is 0 Å². The van der Waals surface area contributed by atoms with Crippen LogP contribution >= 0.6 is 92.8 Å². The predicted octanol–water partition coefficient (Wildman–Crippen LogP) is 3.96. The van der Waals surface area contributed by atoms with E-state index in [-0.39, 0.29) is 5.82 Å². The molecule has 92 valence electrons. The first-order chi connectivity index (χ1) is 6.98. The zero-order valence-corrected chi connectivity index (χ0v) is 12.9. The fourth-order valence-electron chi connectivity index (χ4n) is 0.673. The minimum atomic E-state index is -2.13. The predicted molar refractivity (Wildman–Crippen MR) is 67.0 cm³/mol. The van der Waals surface area contributed by atoms with E-state index in [1.54, 1.807) is 0 Å². The van der Waals surface area contributed by atoms with Gasteiger partial charge in [0.25, 0.3) is 8.25 Å². The standard InChI is InChI=1S/C4Cl8N4/c5-2(6,7)1-13-14-15-16(1)4(11,12)3(8,9)10. The highest BCUT2D eigenvalue weighted by molar-refractivity contribution is 6.74. The van der Waals surface area contributed by atoms with Gasteiger partial charge in [-0.3, -0.25) is 0 Å². The van der Waals surface area contributed by atoms with E-state index < -0.39 is 12.0 Å². The molecule has 0 amide bonds. The molecule has 0 saturated carbocycles. The highest BCUT2D eigenvalue weighted by Gasteiger charge is 2.52. The fourth-order valence-corrected chi connectivity index (χ4v) is 1.49. The smallest absolute Gasteiger partial charge is 0.185 e. The van der Waals surface area contributed by atoms with Gasteiger partial charge in [-0.15, -0.1) is 5.10 Å². The summed E-state index contributed by atoms with van der Waals surface area (Å²) in [5, 5.41) is 10.1. The molecule has 1 heterocycles. The molecule has 1 aromatic rings. The second kappa shape index (κ2) is 4.82. The van der Waals surface area contributed by atoms with Gasteiger partial charge in [0, 0.05) is 0 Å². The van der Waals surface area contributed by atoms with Crippen molar-refractivity contribution in [3.8, 4) is 0 Å². The largest absolute Gasteiger partial charge is 0.260 e. The van der Waals surface area contributed by atoms with Crippen molar-refractivity contribution < 1.29 is 0 Å². The second-order valence-electron chi connectivity index (χ2n) is 2.45. The molecule has 0 bridgehead atoms. The average Bonchev–Trinajstić information content (AvgIpc) is 2.47. The maximum absolute atomic E-state index is 5.80. The van der Waals surface area contributed by atoms with Gasteiger partial charge in [-0.2, -0.15) is 4.68 Å². The van der Waals surface area contributed by atoms with Gasteiger partial charge in [0.2, 0.25) is 9.62 Å². The summed E-state index contributed by atoms with van der Waals surface area (Å²) < 4.78 is -5.51. The molecule has 0 aliphatic rings. The Morgan fingerprint density at radius 2 is 1.38 bits per heavy atom. The third kappa shape index (κ3) is 3.04. The zero-order valence-electron chi connectivity index (χ0n) is 6.81. The minimum absolute atomic E-state index is 0.283. The van der Waals surface area contributed by atoms with E-state index in [4.69, 9.17) is 92.8 Å². The van der Waals surface area contributed by atoms with Crippen LogP contribution in [0.4, 0.5) is 0 Å². The Labute approximate surface area is 130 Å². The summed E-state index contributed by atoms with van der Waals surface area (Å²) in [6.07, 6.45) is 0. The summed E-state index contributed by atoms with van der Waals surface area (Å²) in [7, 11) is 0. The van der Waals surface area contributed by atoms with Crippen LogP contribution in [0.1, 0.15) is 5.82 Å². The molecule has 0 radical (unpaired) electrons. The van der Waals surface area contributed by atoms with E-state index in [0.717, 1.165) is 0 Å². The van der Waals surface area contributed by atoms with E-state index in [9.17, 15) is 0 Å². The van der Waals surface area contributed by atoms with Gasteiger partial charge in [-0.05, 0) is 10.4 Å². The Kier molecular flexibility index (Phi) is 4.65. The van der Waals surface area contributed by atoms with E-state index >= 15 is 0 Å². The summed E-state index contributed by atoms with van der Waals surface area (Å²) in [6, 6.07) is 0. The molecule has 16 heavy (non-hydrogen) atoms. The third-order valence-electron chi connectivity index (χ3n) is 1.33. The van der Waals surface area contributed by atoms with E-state index in [0.29, 0.717) is 4.68 Å². The Morgan fingerprint density at radius 1 is 0.875 bits per heavy atom. The number of tetrazole rings is 1. The van der Waals surface area contributed by atoms with Crippen molar-refractivity contribution in [2.75, 3.05) is 0 Å². The Morgan fingerprint density at radius 3 is 1.75 bits per heavy atom. The Bertz CT molecular complexity index is 374. The molecule has 0 aromatic carbocycles. The molecule has 0 aliphatic carbocycles. The summed E-state index contributed by atoms with van der Waals surface area (Å²) in [5.74, 6) is -0.283. The van der Waals surface area contributed by atoms with Crippen LogP contribution in [0, 0.1) is 0 Å². The van der Waals surface area contributed by atoms with Crippen molar-refractivity contribution in [3.05, 3.63) is 5.82 Å². The molecular weight excluding hydrogens is 388 g/mol. The van der Waals surface area contributed by atoms with Crippen molar-refractivity contribution in [2.45, 2.75) is 12.0 Å². The van der Waals surface area contributed by atoms with E-state index in [2.05, 4.69) is 15.5 Å². The van der Waals surface area contributed by atoms with Gasteiger partial charge in [0.05, 0.1) is 0 Å². The lowest BCUT2D eigenvalue weighted by Crippen LogP contribution is -2.38. The quantitative estimate of drug-likeness (QED) is 0.685. The van der Waals surface area contributed by atoms with Crippen molar-refractivity contribution in [1.82, 2.24) is 20.2 Å². The summed E-state index contributed by atoms with van der Waals surface area (Å²) in [4.78, 5) is 0. The van der Waals surface area contributed by atoms with Gasteiger partial charge >= 0.3 is 0 Å². The first-order valence-electron chi connectivity index (χ1n) is 3.28. The number of aromatic nitrogens is 4. The van der Waals surface area contributed by atoms with Crippen LogP contribution in [0.5, 0.6) is 0 Å². The van der Waals surface area contributed by atoms with Crippen LogP contribution in [0.25, 0.3) is 0 Å². The highest BCUT2D eigenvalue weighted by Crippen LogP contribution is 2.51. The van der Waals surface area contributed by atoms with Crippen LogP contribution < -0.4 is 0 Å². The highest BCUT2D eigenvalue weighted by atomic mass is 35.6. The normalized spacial score (nSPS) is 14.2. The number of halogens is 8. The molecular formula is C4Cl8N4. The fraction of sp³-hybridized carbons (Fsp3) is 0.750. The number of alkyl halides is 8. The maximum atomic E-state index is 5.80. The molecule has 0 N–H and O–H groups in total. The van der Waals surface area contributed by atoms with Gasteiger partial charge in [0.1, 0.15) is 0 Å². The third-order valence-corrected chi connectivity index (χ3v) is 4.13. The molecule has 12 heteroatoms. The van der Waals surface area contributed by atoms with E-state index in [1.807, 2.05) is 0 Å². The Balaban J connectivity index is 3.31. The van der Waals surface area contributed by atoms with Crippen LogP contribution in [-0.4, -0.2) is 24.0 Å². The molecule has 0 fully saturated rings. The minimum Gasteiger partial charge on any atom is -0.185 e. The van der Waals surface area contributed by atoms with Gasteiger partial charge < -0.3 is 0 Å². The zero-order chi connectivity index (χ0) is 12.8. The molecule has 0 aliphatic heterocycles. The average molecular weight is 388 g/mol. The lowest BCUT2D eigenvalue weighted by Gasteiger charge is -2.28. The summed E-state index contributed by atoms with van der Waals surface area (Å²) in [6.45, 7) is 0. The van der Waals surface area contributed by atoms with E-state index in [1.165, 1.54) is 0 Å². The number of hydrogen-bond donors (Lipinski definition) is 0. The first kappa shape index (κ1) is 15.4. The van der Waals surface area contributed by atoms with Gasteiger partial charge in [-0.1, -0.05) is 92.8 Å². The van der Waals surface area contributed by atoms with Gasteiger partial charge in [0.15, 0.2) is 0 Å². The topological polar surface area (TPSA) is 43.6 Å². The molecule has 1 rings (SSSR count). The Hall–Kier alpha value is 1.39. The molecule has 0 unspecified atom stereocenters. The molecule has 0 spiro atoms. The number of hydrogen-bond acceptors (Lipinski definition) is 3.